The molecule has 0 radical (unpaired) electrons. The SMILES string of the molecule is Cc1ccccc1N(c1ccc2cc3c(cc2c1)oc1cc2oc4cc5cc(N6c7cccc8c7C(C)(c7ccccc7-8)c7cccc(C)c76)ccc5cc4c2cc13)c1cccc2c1C(C)(C)c1ccccc1-2. The molecule has 2 aromatic heterocycles. The average Bonchev–Trinajstić information content (AvgIpc) is 4.17. The maximum absolute atomic E-state index is 6.77. The van der Waals surface area contributed by atoms with Crippen molar-refractivity contribution in [2.75, 3.05) is 9.80 Å². The summed E-state index contributed by atoms with van der Waals surface area (Å²) in [6, 6.07) is 74.2. The van der Waals surface area contributed by atoms with Gasteiger partial charge in [-0.05, 0) is 176 Å². The highest BCUT2D eigenvalue weighted by molar-refractivity contribution is 6.19. The van der Waals surface area contributed by atoms with Gasteiger partial charge in [-0.2, -0.15) is 0 Å². The number of fused-ring (bicyclic) bond motifs is 16. The molecule has 16 rings (SSSR count). The lowest BCUT2D eigenvalue weighted by molar-refractivity contribution is 0.656. The molecule has 11 aromatic carbocycles. The molecule has 0 fully saturated rings. The molecule has 346 valence electrons. The lowest BCUT2D eigenvalue weighted by Gasteiger charge is -2.43. The molecule has 1 aliphatic heterocycles. The van der Waals surface area contributed by atoms with E-state index in [0.717, 1.165) is 77.1 Å². The molecule has 3 heterocycles. The fourth-order valence-corrected chi connectivity index (χ4v) is 13.8. The number of furan rings is 2. The van der Waals surface area contributed by atoms with Crippen molar-refractivity contribution in [3.05, 3.63) is 239 Å². The second-order valence-electron chi connectivity index (χ2n) is 21.5. The molecule has 0 spiro atoms. The number of hydrogen-bond acceptors (Lipinski definition) is 4. The fraction of sp³-hybridized carbons (Fsp3) is 0.101. The third kappa shape index (κ3) is 5.34. The van der Waals surface area contributed by atoms with Crippen molar-refractivity contribution in [3.63, 3.8) is 0 Å². The molecule has 4 heteroatoms. The van der Waals surface area contributed by atoms with Crippen LogP contribution < -0.4 is 9.80 Å². The van der Waals surface area contributed by atoms with Gasteiger partial charge in [-0.15, -0.1) is 0 Å². The van der Waals surface area contributed by atoms with Crippen LogP contribution in [0.25, 0.3) is 87.7 Å². The van der Waals surface area contributed by atoms with Crippen molar-refractivity contribution in [1.82, 2.24) is 0 Å². The molecule has 0 N–H and O–H groups in total. The highest BCUT2D eigenvalue weighted by Gasteiger charge is 2.48. The zero-order valence-electron chi connectivity index (χ0n) is 41.3. The van der Waals surface area contributed by atoms with E-state index in [1.165, 1.54) is 83.6 Å². The smallest absolute Gasteiger partial charge is 0.139 e. The Bertz CT molecular complexity index is 4600. The first-order valence-electron chi connectivity index (χ1n) is 25.6. The van der Waals surface area contributed by atoms with Crippen LogP contribution in [0.15, 0.2) is 209 Å². The molecule has 1 unspecified atom stereocenters. The van der Waals surface area contributed by atoms with Crippen molar-refractivity contribution in [2.24, 2.45) is 0 Å². The van der Waals surface area contributed by atoms with Gasteiger partial charge in [0, 0.05) is 55.5 Å². The number of rotatable bonds is 4. The van der Waals surface area contributed by atoms with Crippen LogP contribution in [0.1, 0.15) is 59.7 Å². The molecule has 0 saturated heterocycles. The lowest BCUT2D eigenvalue weighted by Crippen LogP contribution is -2.32. The summed E-state index contributed by atoms with van der Waals surface area (Å²) in [4.78, 5) is 4.96. The van der Waals surface area contributed by atoms with Gasteiger partial charge in [0.2, 0.25) is 0 Å². The quantitative estimate of drug-likeness (QED) is 0.176. The summed E-state index contributed by atoms with van der Waals surface area (Å²) in [5, 5.41) is 8.95. The van der Waals surface area contributed by atoms with Gasteiger partial charge >= 0.3 is 0 Å². The van der Waals surface area contributed by atoms with E-state index in [0.29, 0.717) is 0 Å². The minimum Gasteiger partial charge on any atom is -0.456 e. The van der Waals surface area contributed by atoms with Crippen molar-refractivity contribution >= 4 is 99.5 Å². The first kappa shape index (κ1) is 40.8. The summed E-state index contributed by atoms with van der Waals surface area (Å²) in [5.41, 5.74) is 24.6. The molecule has 13 aromatic rings. The molecule has 73 heavy (non-hydrogen) atoms. The highest BCUT2D eigenvalue weighted by Crippen LogP contribution is 2.63. The van der Waals surface area contributed by atoms with E-state index in [1.807, 2.05) is 0 Å². The normalized spacial score (nSPS) is 15.9. The van der Waals surface area contributed by atoms with Crippen LogP contribution in [0.3, 0.4) is 0 Å². The van der Waals surface area contributed by atoms with Gasteiger partial charge in [0.1, 0.15) is 22.3 Å². The molecule has 3 aliphatic rings. The second kappa shape index (κ2) is 14.2. The zero-order valence-corrected chi connectivity index (χ0v) is 41.3. The number of aryl methyl sites for hydroxylation is 2. The summed E-state index contributed by atoms with van der Waals surface area (Å²) in [5.74, 6) is 0. The Kier molecular flexibility index (Phi) is 7.93. The van der Waals surface area contributed by atoms with Crippen molar-refractivity contribution < 1.29 is 8.83 Å². The predicted molar refractivity (Wildman–Crippen MR) is 303 cm³/mol. The topological polar surface area (TPSA) is 32.8 Å². The monoisotopic (exact) mass is 936 g/mol. The van der Waals surface area contributed by atoms with Gasteiger partial charge in [-0.1, -0.05) is 135 Å². The number of para-hydroxylation sites is 2. The van der Waals surface area contributed by atoms with Crippen molar-refractivity contribution in [1.29, 1.82) is 0 Å². The highest BCUT2D eigenvalue weighted by atomic mass is 16.3. The van der Waals surface area contributed by atoms with Crippen LogP contribution >= 0.6 is 0 Å². The Morgan fingerprint density at radius 1 is 0.397 bits per heavy atom. The molecular formula is C69H48N2O2. The van der Waals surface area contributed by atoms with E-state index in [-0.39, 0.29) is 10.8 Å². The minimum absolute atomic E-state index is 0.178. The molecule has 0 amide bonds. The Labute approximate surface area is 423 Å². The largest absolute Gasteiger partial charge is 0.456 e. The molecule has 0 bridgehead atoms. The maximum Gasteiger partial charge on any atom is 0.139 e. The first-order chi connectivity index (χ1) is 35.6. The molecule has 1 atom stereocenters. The first-order valence-corrected chi connectivity index (χ1v) is 25.6. The molecule has 2 aliphatic carbocycles. The van der Waals surface area contributed by atoms with Crippen molar-refractivity contribution in [2.45, 2.75) is 45.4 Å². The van der Waals surface area contributed by atoms with E-state index in [9.17, 15) is 0 Å². The fourth-order valence-electron chi connectivity index (χ4n) is 13.8. The second-order valence-corrected chi connectivity index (χ2v) is 21.5. The molecule has 4 nitrogen and oxygen atoms in total. The number of benzene rings is 11. The van der Waals surface area contributed by atoms with E-state index >= 15 is 0 Å². The predicted octanol–water partition coefficient (Wildman–Crippen LogP) is 19.3. The summed E-state index contributed by atoms with van der Waals surface area (Å²) >= 11 is 0. The average molecular weight is 937 g/mol. The van der Waals surface area contributed by atoms with Crippen LogP contribution in [0, 0.1) is 13.8 Å². The van der Waals surface area contributed by atoms with Crippen LogP contribution in [-0.4, -0.2) is 0 Å². The van der Waals surface area contributed by atoms with Gasteiger partial charge in [0.25, 0.3) is 0 Å². The van der Waals surface area contributed by atoms with E-state index in [1.54, 1.807) is 0 Å². The van der Waals surface area contributed by atoms with Crippen molar-refractivity contribution in [3.8, 4) is 22.3 Å². The van der Waals surface area contributed by atoms with Gasteiger partial charge in [-0.25, -0.2) is 0 Å². The Balaban J connectivity index is 0.805. The summed E-state index contributed by atoms with van der Waals surface area (Å²) < 4.78 is 13.5. The van der Waals surface area contributed by atoms with Crippen LogP contribution in [0.4, 0.5) is 34.1 Å². The van der Waals surface area contributed by atoms with E-state index in [4.69, 9.17) is 8.83 Å². The van der Waals surface area contributed by atoms with Crippen LogP contribution in [0.5, 0.6) is 0 Å². The van der Waals surface area contributed by atoms with Gasteiger partial charge in [0.05, 0.1) is 17.1 Å². The lowest BCUT2D eigenvalue weighted by atomic mass is 9.70. The Morgan fingerprint density at radius 3 is 1.70 bits per heavy atom. The molecule has 0 saturated carbocycles. The number of nitrogens with zero attached hydrogens (tertiary/aromatic N) is 2. The number of hydrogen-bond donors (Lipinski definition) is 0. The summed E-state index contributed by atoms with van der Waals surface area (Å²) in [6.07, 6.45) is 0. The number of anilines is 6. The van der Waals surface area contributed by atoms with E-state index < -0.39 is 0 Å². The summed E-state index contributed by atoms with van der Waals surface area (Å²) in [6.45, 7) is 11.6. The maximum atomic E-state index is 6.77. The van der Waals surface area contributed by atoms with Gasteiger partial charge in [0.15, 0.2) is 0 Å². The Morgan fingerprint density at radius 2 is 0.945 bits per heavy atom. The summed E-state index contributed by atoms with van der Waals surface area (Å²) in [7, 11) is 0. The van der Waals surface area contributed by atoms with E-state index in [2.05, 4.69) is 245 Å². The Hall–Kier alpha value is -8.86. The van der Waals surface area contributed by atoms with Gasteiger partial charge < -0.3 is 18.6 Å². The van der Waals surface area contributed by atoms with Crippen LogP contribution in [0.2, 0.25) is 0 Å². The third-order valence-corrected chi connectivity index (χ3v) is 17.2. The van der Waals surface area contributed by atoms with Crippen LogP contribution in [-0.2, 0) is 10.8 Å². The third-order valence-electron chi connectivity index (χ3n) is 17.2. The zero-order chi connectivity index (χ0) is 48.6. The minimum atomic E-state index is -0.252. The standard InChI is InChI=1S/C69H48N2O2/c1-39-15-6-11-24-58(39)70(59-25-13-19-49-47-17-7-9-21-55(47)68(3,4)65(49)59)45-29-27-41-33-51-53-37-54-52-34-42-28-30-46(32-44(42)36-62(52)73-64(54)38-63(53)72-61(51)35-43(41)31-45)71-60-26-14-20-50-48-18-8-10-22-56(48)69(5,66(50)60)57-23-12-16-40(2)67(57)71/h6-38H,1-5H3. The van der Waals surface area contributed by atoms with Gasteiger partial charge in [-0.3, -0.25) is 0 Å². The molecular weight excluding hydrogens is 889 g/mol.